The fourth-order valence-corrected chi connectivity index (χ4v) is 4.39. The molecule has 1 aliphatic carbocycles. The van der Waals surface area contributed by atoms with Gasteiger partial charge in [0.25, 0.3) is 17.6 Å². The predicted octanol–water partition coefficient (Wildman–Crippen LogP) is 3.37. The van der Waals surface area contributed by atoms with Gasteiger partial charge in [-0.05, 0) is 68.9 Å². The Morgan fingerprint density at radius 1 is 1.22 bits per heavy atom. The van der Waals surface area contributed by atoms with Gasteiger partial charge in [-0.3, -0.25) is 14.4 Å². The number of benzene rings is 1. The lowest BCUT2D eigenvalue weighted by molar-refractivity contribution is -0.121. The van der Waals surface area contributed by atoms with Crippen LogP contribution in [0, 0.1) is 19.7 Å². The van der Waals surface area contributed by atoms with Crippen LogP contribution in [-0.2, 0) is 11.8 Å². The molecule has 1 heterocycles. The summed E-state index contributed by atoms with van der Waals surface area (Å²) in [5.74, 6) is -2.49. The second-order valence-corrected chi connectivity index (χ2v) is 9.26. The van der Waals surface area contributed by atoms with Gasteiger partial charge in [0.05, 0.1) is 17.4 Å². The maximum absolute atomic E-state index is 13.6. The van der Waals surface area contributed by atoms with E-state index in [1.165, 1.54) is 18.2 Å². The number of amides is 2. The molecule has 1 saturated carbocycles. The van der Waals surface area contributed by atoms with E-state index in [1.807, 2.05) is 13.8 Å². The van der Waals surface area contributed by atoms with Crippen LogP contribution in [0.15, 0.2) is 18.2 Å². The van der Waals surface area contributed by atoms with Crippen LogP contribution < -0.4 is 10.6 Å². The van der Waals surface area contributed by atoms with E-state index in [0.717, 1.165) is 0 Å². The van der Waals surface area contributed by atoms with Crippen LogP contribution in [0.1, 0.15) is 77.2 Å². The van der Waals surface area contributed by atoms with Gasteiger partial charge in [0.15, 0.2) is 0 Å². The largest absolute Gasteiger partial charge is 0.393 e. The van der Waals surface area contributed by atoms with Crippen molar-refractivity contribution in [2.45, 2.75) is 65.0 Å². The van der Waals surface area contributed by atoms with E-state index >= 15 is 0 Å². The highest BCUT2D eigenvalue weighted by molar-refractivity contribution is 6.43. The molecule has 2 aromatic rings. The molecule has 0 radical (unpaired) electrons. The van der Waals surface area contributed by atoms with Crippen molar-refractivity contribution in [3.8, 4) is 0 Å². The van der Waals surface area contributed by atoms with Crippen molar-refractivity contribution in [2.24, 2.45) is 7.05 Å². The van der Waals surface area contributed by atoms with Crippen LogP contribution in [0.2, 0.25) is 0 Å². The second-order valence-electron chi connectivity index (χ2n) is 9.26. The maximum Gasteiger partial charge on any atom is 0.294 e. The third kappa shape index (κ3) is 4.32. The highest BCUT2D eigenvalue weighted by Gasteiger charge is 2.42. The third-order valence-electron chi connectivity index (χ3n) is 6.15. The van der Waals surface area contributed by atoms with Crippen LogP contribution in [0.4, 0.5) is 10.1 Å². The third-order valence-corrected chi connectivity index (χ3v) is 6.15. The molecule has 32 heavy (non-hydrogen) atoms. The molecule has 2 amide bonds. The van der Waals surface area contributed by atoms with Gasteiger partial charge in [0, 0.05) is 24.0 Å². The fourth-order valence-electron chi connectivity index (χ4n) is 4.39. The van der Waals surface area contributed by atoms with Crippen LogP contribution in [0.3, 0.4) is 0 Å². The first-order chi connectivity index (χ1) is 14.8. The SMILES string of the molecule is Cc1cc(NC(=O)c2c(C(C)C)c(C(=O)C(=O)N[C@]3(C)C[C@H](O)C3)n(C)c2C)ccc1F. The number of rotatable bonds is 6. The number of ketones is 1. The number of aryl methyl sites for hydroxylation is 1. The zero-order valence-electron chi connectivity index (χ0n) is 19.3. The van der Waals surface area contributed by atoms with E-state index in [2.05, 4.69) is 10.6 Å². The summed E-state index contributed by atoms with van der Waals surface area (Å²) in [5.41, 5.74) is 1.75. The minimum Gasteiger partial charge on any atom is -0.393 e. The van der Waals surface area contributed by atoms with Gasteiger partial charge in [0.2, 0.25) is 0 Å². The van der Waals surface area contributed by atoms with E-state index in [9.17, 15) is 23.9 Å². The number of anilines is 1. The molecule has 3 rings (SSSR count). The van der Waals surface area contributed by atoms with E-state index in [0.29, 0.717) is 40.9 Å². The molecule has 172 valence electrons. The van der Waals surface area contributed by atoms with E-state index in [-0.39, 0.29) is 17.4 Å². The first-order valence-corrected chi connectivity index (χ1v) is 10.7. The zero-order valence-corrected chi connectivity index (χ0v) is 19.3. The minimum atomic E-state index is -0.761. The van der Waals surface area contributed by atoms with Crippen molar-refractivity contribution in [1.82, 2.24) is 9.88 Å². The molecule has 7 nitrogen and oxygen atoms in total. The van der Waals surface area contributed by atoms with Gasteiger partial charge < -0.3 is 20.3 Å². The van der Waals surface area contributed by atoms with Crippen LogP contribution in [0.25, 0.3) is 0 Å². The molecule has 0 spiro atoms. The molecule has 3 N–H and O–H groups in total. The van der Waals surface area contributed by atoms with E-state index in [1.54, 1.807) is 32.4 Å². The van der Waals surface area contributed by atoms with Crippen LogP contribution in [-0.4, -0.2) is 38.9 Å². The van der Waals surface area contributed by atoms with E-state index < -0.39 is 29.2 Å². The first-order valence-electron chi connectivity index (χ1n) is 10.7. The van der Waals surface area contributed by atoms with Crippen LogP contribution >= 0.6 is 0 Å². The summed E-state index contributed by atoms with van der Waals surface area (Å²) in [4.78, 5) is 39.1. The summed E-state index contributed by atoms with van der Waals surface area (Å²) in [7, 11) is 1.65. The number of carbonyl (C=O) groups excluding carboxylic acids is 3. The Morgan fingerprint density at radius 3 is 2.38 bits per heavy atom. The lowest BCUT2D eigenvalue weighted by Crippen LogP contribution is -2.58. The molecule has 1 fully saturated rings. The van der Waals surface area contributed by atoms with Gasteiger partial charge in [-0.25, -0.2) is 4.39 Å². The molecule has 0 bridgehead atoms. The van der Waals surface area contributed by atoms with Crippen molar-refractivity contribution in [3.05, 3.63) is 52.1 Å². The number of aromatic nitrogens is 1. The minimum absolute atomic E-state index is 0.166. The molecule has 0 saturated heterocycles. The van der Waals surface area contributed by atoms with Crippen molar-refractivity contribution in [1.29, 1.82) is 0 Å². The molecule has 0 aliphatic heterocycles. The molecule has 0 atom stereocenters. The average Bonchev–Trinajstić information content (AvgIpc) is 2.94. The van der Waals surface area contributed by atoms with Crippen molar-refractivity contribution < 1.29 is 23.9 Å². The smallest absolute Gasteiger partial charge is 0.294 e. The molecule has 1 aromatic heterocycles. The van der Waals surface area contributed by atoms with Gasteiger partial charge >= 0.3 is 0 Å². The summed E-state index contributed by atoms with van der Waals surface area (Å²) < 4.78 is 15.1. The standard InChI is InChI=1S/C24H30FN3O4/c1-12(2)18-19(22(31)26-15-7-8-17(25)13(3)9-15)14(4)28(6)20(18)21(30)23(32)27-24(5)10-16(29)11-24/h7-9,12,16,29H,10-11H2,1-6H3,(H,26,31)(H,27,32)/t16-,24+. The molecular weight excluding hydrogens is 413 g/mol. The van der Waals surface area contributed by atoms with Crippen LogP contribution in [0.5, 0.6) is 0 Å². The first kappa shape index (κ1) is 23.7. The highest BCUT2D eigenvalue weighted by atomic mass is 19.1. The summed E-state index contributed by atoms with van der Waals surface area (Å²) in [5, 5.41) is 15.1. The number of hydrogen-bond donors (Lipinski definition) is 3. The normalized spacial score (nSPS) is 20.1. The molecular formula is C24H30FN3O4. The average molecular weight is 444 g/mol. The Kier molecular flexibility index (Phi) is 6.29. The molecule has 8 heteroatoms. The monoisotopic (exact) mass is 443 g/mol. The summed E-state index contributed by atoms with van der Waals surface area (Å²) in [6, 6.07) is 4.29. The van der Waals surface area contributed by atoms with Gasteiger partial charge in [-0.15, -0.1) is 0 Å². The Bertz CT molecular complexity index is 1100. The number of aliphatic hydroxyl groups excluding tert-OH is 1. The quantitative estimate of drug-likeness (QED) is 0.471. The molecule has 1 aliphatic rings. The summed E-state index contributed by atoms with van der Waals surface area (Å²) >= 11 is 0. The maximum atomic E-state index is 13.6. The number of nitrogens with one attached hydrogen (secondary N) is 2. The number of halogens is 1. The van der Waals surface area contributed by atoms with Crippen molar-refractivity contribution >= 4 is 23.3 Å². The van der Waals surface area contributed by atoms with Crippen molar-refractivity contribution in [3.63, 3.8) is 0 Å². The van der Waals surface area contributed by atoms with E-state index in [4.69, 9.17) is 0 Å². The number of nitrogens with zero attached hydrogens (tertiary/aromatic N) is 1. The Hall–Kier alpha value is -3.00. The highest BCUT2D eigenvalue weighted by Crippen LogP contribution is 2.33. The van der Waals surface area contributed by atoms with Crippen molar-refractivity contribution in [2.75, 3.05) is 5.32 Å². The number of aliphatic hydroxyl groups is 1. The zero-order chi connectivity index (χ0) is 24.0. The second kappa shape index (κ2) is 8.50. The molecule has 1 aromatic carbocycles. The Morgan fingerprint density at radius 2 is 1.84 bits per heavy atom. The topological polar surface area (TPSA) is 100 Å². The summed E-state index contributed by atoms with van der Waals surface area (Å²) in [6.45, 7) is 8.82. The summed E-state index contributed by atoms with van der Waals surface area (Å²) in [6.07, 6.45) is 0.296. The predicted molar refractivity (Wildman–Crippen MR) is 119 cm³/mol. The number of hydrogen-bond acceptors (Lipinski definition) is 4. The lowest BCUT2D eigenvalue weighted by Gasteiger charge is -2.42. The number of Topliss-reactive ketones (excluding diaryl/α,β-unsaturated/α-hetero) is 1. The fraction of sp³-hybridized carbons (Fsp3) is 0.458. The van der Waals surface area contributed by atoms with Gasteiger partial charge in [-0.1, -0.05) is 13.8 Å². The molecule has 0 unspecified atom stereocenters. The van der Waals surface area contributed by atoms with Gasteiger partial charge in [-0.2, -0.15) is 0 Å². The van der Waals surface area contributed by atoms with Gasteiger partial charge in [0.1, 0.15) is 5.82 Å². The lowest BCUT2D eigenvalue weighted by atomic mass is 9.76. The Balaban J connectivity index is 1.95. The Labute approximate surface area is 187 Å². The number of carbonyl (C=O) groups is 3.